The van der Waals surface area contributed by atoms with Crippen molar-refractivity contribution >= 4 is 34.5 Å². The van der Waals surface area contributed by atoms with E-state index in [9.17, 15) is 14.9 Å². The summed E-state index contributed by atoms with van der Waals surface area (Å²) in [7, 11) is 0. The first-order valence-corrected chi connectivity index (χ1v) is 7.44. The standard InChI is InChI=1S/C15H9Cl2N3O4/c16-9-1-4-14-18-10(5-15(21)19(14)7-9)8-24-13-3-2-11(20(22)23)6-12(13)17/h1-7H,8H2. The zero-order chi connectivity index (χ0) is 17.3. The Morgan fingerprint density at radius 2 is 2.00 bits per heavy atom. The zero-order valence-corrected chi connectivity index (χ0v) is 13.5. The molecule has 7 nitrogen and oxygen atoms in total. The van der Waals surface area contributed by atoms with Crippen LogP contribution in [0.3, 0.4) is 0 Å². The highest BCUT2D eigenvalue weighted by Gasteiger charge is 2.11. The minimum Gasteiger partial charge on any atom is -0.486 e. The van der Waals surface area contributed by atoms with Crippen LogP contribution in [0.5, 0.6) is 5.75 Å². The van der Waals surface area contributed by atoms with Gasteiger partial charge in [-0.2, -0.15) is 0 Å². The van der Waals surface area contributed by atoms with Crippen molar-refractivity contribution in [2.24, 2.45) is 0 Å². The van der Waals surface area contributed by atoms with Gasteiger partial charge in [-0.15, -0.1) is 0 Å². The Morgan fingerprint density at radius 1 is 1.21 bits per heavy atom. The van der Waals surface area contributed by atoms with Gasteiger partial charge in [-0.1, -0.05) is 23.2 Å². The SMILES string of the molecule is O=c1cc(COc2ccc([N+](=O)[O-])cc2Cl)nc2ccc(Cl)cn12. The van der Waals surface area contributed by atoms with E-state index in [-0.39, 0.29) is 28.6 Å². The van der Waals surface area contributed by atoms with E-state index in [4.69, 9.17) is 27.9 Å². The fourth-order valence-electron chi connectivity index (χ4n) is 2.07. The summed E-state index contributed by atoms with van der Waals surface area (Å²) in [5.41, 5.74) is 0.402. The van der Waals surface area contributed by atoms with Crippen molar-refractivity contribution < 1.29 is 9.66 Å². The number of aromatic nitrogens is 2. The highest BCUT2D eigenvalue weighted by molar-refractivity contribution is 6.32. The predicted octanol–water partition coefficient (Wildman–Crippen LogP) is 3.49. The third-order valence-corrected chi connectivity index (χ3v) is 3.70. The van der Waals surface area contributed by atoms with Crippen molar-refractivity contribution in [1.29, 1.82) is 0 Å². The highest BCUT2D eigenvalue weighted by Crippen LogP contribution is 2.29. The van der Waals surface area contributed by atoms with Crippen LogP contribution >= 0.6 is 23.2 Å². The van der Waals surface area contributed by atoms with Crippen molar-refractivity contribution in [3.05, 3.63) is 78.8 Å². The molecule has 0 N–H and O–H groups in total. The fourth-order valence-corrected chi connectivity index (χ4v) is 2.46. The maximum Gasteiger partial charge on any atom is 0.271 e. The number of hydrogen-bond donors (Lipinski definition) is 0. The molecule has 0 saturated heterocycles. The minimum atomic E-state index is -0.549. The van der Waals surface area contributed by atoms with Crippen molar-refractivity contribution in [3.63, 3.8) is 0 Å². The molecule has 0 fully saturated rings. The van der Waals surface area contributed by atoms with E-state index in [0.29, 0.717) is 16.4 Å². The maximum absolute atomic E-state index is 12.1. The summed E-state index contributed by atoms with van der Waals surface area (Å²) in [6.07, 6.45) is 1.48. The predicted molar refractivity (Wildman–Crippen MR) is 88.9 cm³/mol. The summed E-state index contributed by atoms with van der Waals surface area (Å²) < 4.78 is 6.82. The van der Waals surface area contributed by atoms with Gasteiger partial charge in [0, 0.05) is 24.4 Å². The molecule has 122 valence electrons. The smallest absolute Gasteiger partial charge is 0.271 e. The second-order valence-electron chi connectivity index (χ2n) is 4.82. The number of fused-ring (bicyclic) bond motifs is 1. The highest BCUT2D eigenvalue weighted by atomic mass is 35.5. The Morgan fingerprint density at radius 3 is 2.71 bits per heavy atom. The number of non-ortho nitro benzene ring substituents is 1. The van der Waals surface area contributed by atoms with Gasteiger partial charge in [0.15, 0.2) is 0 Å². The Kier molecular flexibility index (Phi) is 4.37. The molecule has 2 heterocycles. The molecule has 0 amide bonds. The molecule has 9 heteroatoms. The molecule has 0 atom stereocenters. The summed E-state index contributed by atoms with van der Waals surface area (Å²) in [5.74, 6) is 0.264. The van der Waals surface area contributed by atoms with Crippen LogP contribution < -0.4 is 10.3 Å². The van der Waals surface area contributed by atoms with Gasteiger partial charge in [-0.05, 0) is 18.2 Å². The topological polar surface area (TPSA) is 86.7 Å². The average molecular weight is 366 g/mol. The van der Waals surface area contributed by atoms with Crippen LogP contribution in [0.2, 0.25) is 10.0 Å². The molecule has 0 aliphatic heterocycles. The van der Waals surface area contributed by atoms with Crippen LogP contribution in [0, 0.1) is 10.1 Å². The number of ether oxygens (including phenoxy) is 1. The Hall–Kier alpha value is -2.64. The van der Waals surface area contributed by atoms with Crippen molar-refractivity contribution in [2.75, 3.05) is 0 Å². The molecule has 0 unspecified atom stereocenters. The number of pyridine rings is 1. The largest absolute Gasteiger partial charge is 0.486 e. The van der Waals surface area contributed by atoms with E-state index in [1.54, 1.807) is 12.1 Å². The summed E-state index contributed by atoms with van der Waals surface area (Å²) >= 11 is 11.8. The quantitative estimate of drug-likeness (QED) is 0.521. The van der Waals surface area contributed by atoms with Crippen molar-refractivity contribution in [1.82, 2.24) is 9.38 Å². The van der Waals surface area contributed by atoms with E-state index >= 15 is 0 Å². The number of benzene rings is 1. The van der Waals surface area contributed by atoms with Crippen LogP contribution in [0.25, 0.3) is 5.65 Å². The molecule has 1 aromatic carbocycles. The van der Waals surface area contributed by atoms with E-state index in [0.717, 1.165) is 0 Å². The summed E-state index contributed by atoms with van der Waals surface area (Å²) in [6, 6.07) is 8.44. The molecule has 0 aliphatic rings. The van der Waals surface area contributed by atoms with Gasteiger partial charge in [-0.25, -0.2) is 4.98 Å². The van der Waals surface area contributed by atoms with Gasteiger partial charge in [-0.3, -0.25) is 19.3 Å². The van der Waals surface area contributed by atoms with E-state index in [2.05, 4.69) is 4.98 Å². The lowest BCUT2D eigenvalue weighted by Gasteiger charge is -2.08. The number of nitro benzene ring substituents is 1. The van der Waals surface area contributed by atoms with E-state index in [1.165, 1.54) is 34.9 Å². The first-order valence-electron chi connectivity index (χ1n) is 6.68. The Bertz CT molecular complexity index is 1000. The number of hydrogen-bond acceptors (Lipinski definition) is 5. The molecular weight excluding hydrogens is 357 g/mol. The second-order valence-corrected chi connectivity index (χ2v) is 5.67. The van der Waals surface area contributed by atoms with Crippen LogP contribution in [0.15, 0.2) is 47.4 Å². The molecule has 3 rings (SSSR count). The summed E-state index contributed by atoms with van der Waals surface area (Å²) in [6.45, 7) is -0.00804. The van der Waals surface area contributed by atoms with Crippen LogP contribution in [-0.2, 0) is 6.61 Å². The molecule has 0 radical (unpaired) electrons. The number of halogens is 2. The summed E-state index contributed by atoms with van der Waals surface area (Å²) in [4.78, 5) is 26.5. The number of nitro groups is 1. The third kappa shape index (κ3) is 3.32. The lowest BCUT2D eigenvalue weighted by molar-refractivity contribution is -0.384. The van der Waals surface area contributed by atoms with Gasteiger partial charge >= 0.3 is 0 Å². The van der Waals surface area contributed by atoms with E-state index < -0.39 is 4.92 Å². The Labute approximate surface area is 145 Å². The van der Waals surface area contributed by atoms with Gasteiger partial charge in [0.2, 0.25) is 0 Å². The molecule has 0 bridgehead atoms. The molecule has 0 spiro atoms. The molecule has 3 aromatic rings. The van der Waals surface area contributed by atoms with Crippen molar-refractivity contribution in [2.45, 2.75) is 6.61 Å². The fraction of sp³-hybridized carbons (Fsp3) is 0.0667. The molecular formula is C15H9Cl2N3O4. The minimum absolute atomic E-state index is 0.00804. The number of nitrogens with zero attached hydrogens (tertiary/aromatic N) is 3. The lowest BCUT2D eigenvalue weighted by atomic mass is 10.3. The maximum atomic E-state index is 12.1. The molecule has 2 aromatic heterocycles. The van der Waals surface area contributed by atoms with Gasteiger partial charge in [0.05, 0.1) is 20.7 Å². The molecule has 0 saturated carbocycles. The van der Waals surface area contributed by atoms with E-state index in [1.807, 2.05) is 0 Å². The number of rotatable bonds is 4. The lowest BCUT2D eigenvalue weighted by Crippen LogP contribution is -2.16. The first-order chi connectivity index (χ1) is 11.4. The average Bonchev–Trinajstić information content (AvgIpc) is 2.54. The van der Waals surface area contributed by atoms with Crippen LogP contribution in [0.4, 0.5) is 5.69 Å². The van der Waals surface area contributed by atoms with Crippen molar-refractivity contribution in [3.8, 4) is 5.75 Å². The molecule has 0 aliphatic carbocycles. The van der Waals surface area contributed by atoms with Gasteiger partial charge in [0.25, 0.3) is 11.2 Å². The normalized spacial score (nSPS) is 10.8. The third-order valence-electron chi connectivity index (χ3n) is 3.18. The second kappa shape index (κ2) is 6.46. The first kappa shape index (κ1) is 16.2. The van der Waals surface area contributed by atoms with Gasteiger partial charge < -0.3 is 4.74 Å². The molecule has 24 heavy (non-hydrogen) atoms. The Balaban J connectivity index is 1.85. The monoisotopic (exact) mass is 365 g/mol. The van der Waals surface area contributed by atoms with Crippen LogP contribution in [0.1, 0.15) is 5.69 Å². The zero-order valence-electron chi connectivity index (χ0n) is 12.0. The van der Waals surface area contributed by atoms with Crippen LogP contribution in [-0.4, -0.2) is 14.3 Å². The summed E-state index contributed by atoms with van der Waals surface area (Å²) in [5, 5.41) is 11.2. The van der Waals surface area contributed by atoms with Gasteiger partial charge in [0.1, 0.15) is 18.0 Å².